The SMILES string of the molecule is NCCCCCC(=O)NCC#CC1=CCC(C=O)=C1. The van der Waals surface area contributed by atoms with Gasteiger partial charge in [-0.25, -0.2) is 0 Å². The summed E-state index contributed by atoms with van der Waals surface area (Å²) in [5, 5.41) is 2.75. The molecule has 1 rings (SSSR count). The van der Waals surface area contributed by atoms with Crippen molar-refractivity contribution in [3.63, 3.8) is 0 Å². The first kappa shape index (κ1) is 15.2. The number of allylic oxidation sites excluding steroid dienone is 4. The Morgan fingerprint density at radius 1 is 1.42 bits per heavy atom. The first-order chi connectivity index (χ1) is 9.26. The third kappa shape index (κ3) is 6.58. The average Bonchev–Trinajstić information content (AvgIpc) is 2.88. The number of carbonyl (C=O) groups excluding carboxylic acids is 2. The lowest BCUT2D eigenvalue weighted by Gasteiger charge is -2.00. The summed E-state index contributed by atoms with van der Waals surface area (Å²) >= 11 is 0. The first-order valence-electron chi connectivity index (χ1n) is 6.58. The molecule has 0 radical (unpaired) electrons. The summed E-state index contributed by atoms with van der Waals surface area (Å²) in [6.45, 7) is 1.02. The number of nitrogens with one attached hydrogen (secondary N) is 1. The number of carbonyl (C=O) groups is 2. The minimum atomic E-state index is 0.0239. The maximum Gasteiger partial charge on any atom is 0.220 e. The van der Waals surface area contributed by atoms with E-state index in [-0.39, 0.29) is 5.91 Å². The van der Waals surface area contributed by atoms with Crippen LogP contribution < -0.4 is 11.1 Å². The van der Waals surface area contributed by atoms with Crippen LogP contribution >= 0.6 is 0 Å². The maximum absolute atomic E-state index is 11.4. The van der Waals surface area contributed by atoms with Crippen molar-refractivity contribution >= 4 is 12.2 Å². The lowest BCUT2D eigenvalue weighted by molar-refractivity contribution is -0.121. The largest absolute Gasteiger partial charge is 0.345 e. The van der Waals surface area contributed by atoms with Crippen molar-refractivity contribution in [3.05, 3.63) is 23.3 Å². The van der Waals surface area contributed by atoms with E-state index in [1.807, 2.05) is 6.08 Å². The topological polar surface area (TPSA) is 72.2 Å². The summed E-state index contributed by atoms with van der Waals surface area (Å²) in [6, 6.07) is 0. The van der Waals surface area contributed by atoms with E-state index in [2.05, 4.69) is 17.2 Å². The van der Waals surface area contributed by atoms with Crippen LogP contribution in [-0.4, -0.2) is 25.3 Å². The smallest absolute Gasteiger partial charge is 0.220 e. The molecule has 1 aliphatic carbocycles. The van der Waals surface area contributed by atoms with Crippen LogP contribution in [0, 0.1) is 11.8 Å². The predicted molar refractivity (Wildman–Crippen MR) is 75.2 cm³/mol. The van der Waals surface area contributed by atoms with E-state index >= 15 is 0 Å². The monoisotopic (exact) mass is 260 g/mol. The van der Waals surface area contributed by atoms with Gasteiger partial charge in [-0.1, -0.05) is 24.3 Å². The van der Waals surface area contributed by atoms with E-state index < -0.39 is 0 Å². The zero-order valence-corrected chi connectivity index (χ0v) is 11.1. The highest BCUT2D eigenvalue weighted by Crippen LogP contribution is 2.14. The van der Waals surface area contributed by atoms with Crippen LogP contribution in [0.15, 0.2) is 23.3 Å². The molecule has 0 aromatic carbocycles. The van der Waals surface area contributed by atoms with Gasteiger partial charge < -0.3 is 11.1 Å². The van der Waals surface area contributed by atoms with Crippen LogP contribution in [0.3, 0.4) is 0 Å². The number of rotatable bonds is 7. The highest BCUT2D eigenvalue weighted by Gasteiger charge is 2.02. The van der Waals surface area contributed by atoms with E-state index in [0.29, 0.717) is 25.9 Å². The Morgan fingerprint density at radius 2 is 2.26 bits per heavy atom. The number of amides is 1. The van der Waals surface area contributed by atoms with E-state index in [9.17, 15) is 9.59 Å². The van der Waals surface area contributed by atoms with Crippen LogP contribution in [0.1, 0.15) is 32.1 Å². The zero-order valence-electron chi connectivity index (χ0n) is 11.1. The molecule has 0 heterocycles. The minimum absolute atomic E-state index is 0.0239. The molecule has 0 fully saturated rings. The van der Waals surface area contributed by atoms with Gasteiger partial charge in [0, 0.05) is 12.0 Å². The quantitative estimate of drug-likeness (QED) is 0.409. The van der Waals surface area contributed by atoms with Gasteiger partial charge in [-0.15, -0.1) is 0 Å². The van der Waals surface area contributed by atoms with E-state index in [4.69, 9.17) is 5.73 Å². The van der Waals surface area contributed by atoms with Gasteiger partial charge in [0.15, 0.2) is 0 Å². The molecular formula is C15H20N2O2. The lowest BCUT2D eigenvalue weighted by Crippen LogP contribution is -2.23. The molecule has 4 nitrogen and oxygen atoms in total. The lowest BCUT2D eigenvalue weighted by atomic mass is 10.2. The molecule has 3 N–H and O–H groups in total. The molecule has 0 spiro atoms. The van der Waals surface area contributed by atoms with E-state index in [0.717, 1.165) is 36.7 Å². The zero-order chi connectivity index (χ0) is 13.9. The van der Waals surface area contributed by atoms with Crippen LogP contribution in [0.4, 0.5) is 0 Å². The molecule has 4 heteroatoms. The minimum Gasteiger partial charge on any atom is -0.345 e. The molecule has 19 heavy (non-hydrogen) atoms. The summed E-state index contributed by atoms with van der Waals surface area (Å²) in [4.78, 5) is 21.9. The van der Waals surface area contributed by atoms with Gasteiger partial charge in [0.05, 0.1) is 6.54 Å². The second kappa shape index (κ2) is 9.12. The van der Waals surface area contributed by atoms with E-state index in [1.165, 1.54) is 0 Å². The van der Waals surface area contributed by atoms with Crippen molar-refractivity contribution < 1.29 is 9.59 Å². The summed E-state index contributed by atoms with van der Waals surface area (Å²) < 4.78 is 0. The van der Waals surface area contributed by atoms with Crippen molar-refractivity contribution in [3.8, 4) is 11.8 Å². The maximum atomic E-state index is 11.4. The van der Waals surface area contributed by atoms with Crippen LogP contribution in [0.25, 0.3) is 0 Å². The van der Waals surface area contributed by atoms with Crippen molar-refractivity contribution in [2.45, 2.75) is 32.1 Å². The predicted octanol–water partition coefficient (Wildman–Crippen LogP) is 1.08. The molecule has 0 saturated heterocycles. The van der Waals surface area contributed by atoms with Crippen molar-refractivity contribution in [2.75, 3.05) is 13.1 Å². The van der Waals surface area contributed by atoms with Crippen molar-refractivity contribution in [2.24, 2.45) is 5.73 Å². The summed E-state index contributed by atoms with van der Waals surface area (Å²) in [6.07, 6.45) is 8.52. The van der Waals surface area contributed by atoms with Crippen LogP contribution in [0.2, 0.25) is 0 Å². The fourth-order valence-corrected chi connectivity index (χ4v) is 1.70. The third-order valence-electron chi connectivity index (χ3n) is 2.76. The first-order valence-corrected chi connectivity index (χ1v) is 6.58. The normalized spacial score (nSPS) is 13.1. The Balaban J connectivity index is 2.15. The summed E-state index contributed by atoms with van der Waals surface area (Å²) in [5.74, 6) is 5.82. The Morgan fingerprint density at radius 3 is 2.95 bits per heavy atom. The Kier molecular flexibility index (Phi) is 7.30. The van der Waals surface area contributed by atoms with Gasteiger partial charge in [-0.3, -0.25) is 9.59 Å². The fraction of sp³-hybridized carbons (Fsp3) is 0.467. The Bertz CT molecular complexity index is 439. The average molecular weight is 260 g/mol. The highest BCUT2D eigenvalue weighted by atomic mass is 16.1. The third-order valence-corrected chi connectivity index (χ3v) is 2.76. The van der Waals surface area contributed by atoms with Gasteiger partial charge in [0.25, 0.3) is 0 Å². The van der Waals surface area contributed by atoms with Crippen molar-refractivity contribution in [1.82, 2.24) is 5.32 Å². The standard InChI is InChI=1S/C15H20N2O2/c16-9-3-1-2-6-15(19)17-10-4-5-13-7-8-14(11-13)12-18/h7,11-12H,1-3,6,8-10,16H2,(H,17,19). The Labute approximate surface area is 114 Å². The van der Waals surface area contributed by atoms with Gasteiger partial charge in [0.2, 0.25) is 5.91 Å². The van der Waals surface area contributed by atoms with Crippen molar-refractivity contribution in [1.29, 1.82) is 0 Å². The van der Waals surface area contributed by atoms with Gasteiger partial charge in [-0.05, 0) is 37.5 Å². The summed E-state index contributed by atoms with van der Waals surface area (Å²) in [7, 11) is 0. The fourth-order valence-electron chi connectivity index (χ4n) is 1.70. The molecule has 0 unspecified atom stereocenters. The Hall–Kier alpha value is -1.86. The number of unbranched alkanes of at least 4 members (excludes halogenated alkanes) is 2. The van der Waals surface area contributed by atoms with Gasteiger partial charge >= 0.3 is 0 Å². The second-order valence-electron chi connectivity index (χ2n) is 4.38. The molecule has 0 bridgehead atoms. The van der Waals surface area contributed by atoms with Gasteiger partial charge in [0.1, 0.15) is 6.29 Å². The molecule has 102 valence electrons. The highest BCUT2D eigenvalue weighted by molar-refractivity contribution is 5.77. The number of hydrogen-bond donors (Lipinski definition) is 2. The molecular weight excluding hydrogens is 240 g/mol. The van der Waals surface area contributed by atoms with E-state index in [1.54, 1.807) is 6.08 Å². The van der Waals surface area contributed by atoms with Crippen LogP contribution in [-0.2, 0) is 9.59 Å². The molecule has 0 aliphatic heterocycles. The number of aldehydes is 1. The molecule has 0 atom stereocenters. The molecule has 0 aromatic heterocycles. The molecule has 0 saturated carbocycles. The second-order valence-corrected chi connectivity index (χ2v) is 4.38. The molecule has 0 aromatic rings. The number of hydrogen-bond acceptors (Lipinski definition) is 3. The molecule has 1 aliphatic rings. The number of nitrogens with two attached hydrogens (primary N) is 1. The van der Waals surface area contributed by atoms with Crippen LogP contribution in [0.5, 0.6) is 0 Å². The van der Waals surface area contributed by atoms with Gasteiger partial charge in [-0.2, -0.15) is 0 Å². The summed E-state index contributed by atoms with van der Waals surface area (Å²) in [5.41, 5.74) is 6.96. The molecule has 1 amide bonds.